The lowest BCUT2D eigenvalue weighted by Crippen LogP contribution is -2.64. The van der Waals surface area contributed by atoms with Gasteiger partial charge in [-0.25, -0.2) is 9.59 Å². The molecule has 8 heteroatoms. The van der Waals surface area contributed by atoms with Crippen molar-refractivity contribution in [2.45, 2.75) is 11.7 Å². The molecule has 2 N–H and O–H groups in total. The van der Waals surface area contributed by atoms with Gasteiger partial charge in [0, 0.05) is 19.7 Å². The number of hydrogen-bond acceptors (Lipinski definition) is 6. The number of ether oxygens (including phenoxy) is 1. The van der Waals surface area contributed by atoms with Crippen molar-refractivity contribution < 1.29 is 34.1 Å². The quantitative estimate of drug-likeness (QED) is 0.414. The fourth-order valence-electron chi connectivity index (χ4n) is 2.57. The molecule has 2 aromatic carbocycles. The maximum absolute atomic E-state index is 13.2. The Morgan fingerprint density at radius 1 is 0.893 bits per heavy atom. The zero-order chi connectivity index (χ0) is 20.9. The molecule has 0 aliphatic carbocycles. The third-order valence-electron chi connectivity index (χ3n) is 3.98. The summed E-state index contributed by atoms with van der Waals surface area (Å²) < 4.78 is 5.18. The van der Waals surface area contributed by atoms with Gasteiger partial charge >= 0.3 is 11.9 Å². The Balaban J connectivity index is 2.66. The number of benzene rings is 2. The van der Waals surface area contributed by atoms with E-state index in [1.807, 2.05) is 0 Å². The zero-order valence-corrected chi connectivity index (χ0v) is 15.2. The van der Waals surface area contributed by atoms with E-state index in [1.165, 1.54) is 62.6 Å². The van der Waals surface area contributed by atoms with Crippen LogP contribution in [0.15, 0.2) is 60.7 Å². The smallest absolute Gasteiger partial charge is 0.339 e. The summed E-state index contributed by atoms with van der Waals surface area (Å²) in [5.74, 6) is -5.34. The summed E-state index contributed by atoms with van der Waals surface area (Å²) in [5, 5.41) is 19.7. The van der Waals surface area contributed by atoms with Gasteiger partial charge in [-0.3, -0.25) is 9.59 Å². The van der Waals surface area contributed by atoms with E-state index in [-0.39, 0.29) is 11.1 Å². The van der Waals surface area contributed by atoms with Crippen molar-refractivity contribution in [1.82, 2.24) is 4.90 Å². The normalized spacial score (nSPS) is 13.7. The molecular formula is C20H19NO7. The molecule has 0 bridgehead atoms. The lowest BCUT2D eigenvalue weighted by molar-refractivity contribution is -0.170. The third-order valence-corrected chi connectivity index (χ3v) is 3.98. The molecule has 2 aromatic rings. The predicted octanol–water partition coefficient (Wildman–Crippen LogP) is 0.999. The van der Waals surface area contributed by atoms with E-state index in [0.29, 0.717) is 0 Å². The highest BCUT2D eigenvalue weighted by molar-refractivity contribution is 6.21. The van der Waals surface area contributed by atoms with E-state index in [1.54, 1.807) is 12.1 Å². The number of rotatable bonds is 7. The van der Waals surface area contributed by atoms with Crippen LogP contribution >= 0.6 is 0 Å². The lowest BCUT2D eigenvalue weighted by atomic mass is 9.85. The number of carbonyl (C=O) groups is 4. The fraction of sp³-hybridized carbons (Fsp3) is 0.200. The van der Waals surface area contributed by atoms with Crippen LogP contribution in [0, 0.1) is 0 Å². The highest BCUT2D eigenvalue weighted by Gasteiger charge is 2.59. The summed E-state index contributed by atoms with van der Waals surface area (Å²) in [4.78, 5) is 51.1. The van der Waals surface area contributed by atoms with Gasteiger partial charge in [0.2, 0.25) is 11.9 Å². The number of ketones is 1. The number of aliphatic hydroxyl groups is 1. The van der Waals surface area contributed by atoms with Crippen molar-refractivity contribution in [2.75, 3.05) is 14.1 Å². The van der Waals surface area contributed by atoms with E-state index in [0.717, 1.165) is 4.90 Å². The maximum atomic E-state index is 13.2. The van der Waals surface area contributed by atoms with Gasteiger partial charge in [-0.1, -0.05) is 48.5 Å². The van der Waals surface area contributed by atoms with Crippen LogP contribution in [0.3, 0.4) is 0 Å². The van der Waals surface area contributed by atoms with Gasteiger partial charge in [0.15, 0.2) is 0 Å². The Bertz CT molecular complexity index is 880. The second-order valence-corrected chi connectivity index (χ2v) is 6.13. The fourth-order valence-corrected chi connectivity index (χ4v) is 2.57. The number of aliphatic carboxylic acids is 1. The number of hydrogen-bond donors (Lipinski definition) is 2. The highest BCUT2D eigenvalue weighted by Crippen LogP contribution is 2.27. The van der Waals surface area contributed by atoms with Crippen molar-refractivity contribution in [1.29, 1.82) is 0 Å². The molecule has 0 aliphatic heterocycles. The molecule has 0 fully saturated rings. The van der Waals surface area contributed by atoms with Crippen molar-refractivity contribution in [3.63, 3.8) is 0 Å². The van der Waals surface area contributed by atoms with Crippen molar-refractivity contribution in [3.8, 4) is 0 Å². The van der Waals surface area contributed by atoms with E-state index < -0.39 is 35.3 Å². The standard InChI is InChI=1S/C20H19NO7/c1-21(2)19(27)20(16(23)17(24)25,15(22)13-9-5-3-6-10-13)28-18(26)14-11-7-4-8-12-14/h3-12,16,23H,1-2H3,(H,24,25). The predicted molar refractivity (Wildman–Crippen MR) is 97.7 cm³/mol. The monoisotopic (exact) mass is 385 g/mol. The number of amides is 1. The number of aliphatic hydroxyl groups excluding tert-OH is 1. The average Bonchev–Trinajstić information content (AvgIpc) is 2.71. The Hall–Kier alpha value is -3.52. The van der Waals surface area contributed by atoms with Gasteiger partial charge in [0.05, 0.1) is 5.56 Å². The van der Waals surface area contributed by atoms with Gasteiger partial charge < -0.3 is 19.8 Å². The SMILES string of the molecule is CN(C)C(=O)C(OC(=O)c1ccccc1)(C(=O)c1ccccc1)C(O)C(=O)O. The first-order valence-corrected chi connectivity index (χ1v) is 8.22. The molecule has 0 saturated carbocycles. The van der Waals surface area contributed by atoms with Crippen LogP contribution in [-0.2, 0) is 14.3 Å². The first-order chi connectivity index (χ1) is 13.2. The first kappa shape index (κ1) is 20.8. The molecule has 0 aliphatic rings. The Morgan fingerprint density at radius 3 is 1.79 bits per heavy atom. The number of carbonyl (C=O) groups excluding carboxylic acids is 3. The molecule has 2 rings (SSSR count). The summed E-state index contributed by atoms with van der Waals surface area (Å²) in [5.41, 5.74) is -3.11. The summed E-state index contributed by atoms with van der Waals surface area (Å²) in [6.45, 7) is 0. The molecule has 0 heterocycles. The number of likely N-dealkylation sites (N-methyl/N-ethyl adjacent to an activating group) is 1. The third kappa shape index (κ3) is 3.91. The lowest BCUT2D eigenvalue weighted by Gasteiger charge is -2.34. The summed E-state index contributed by atoms with van der Waals surface area (Å²) in [6, 6.07) is 14.7. The minimum absolute atomic E-state index is 0.0168. The topological polar surface area (TPSA) is 121 Å². The molecule has 0 saturated heterocycles. The van der Waals surface area contributed by atoms with Crippen LogP contribution in [0.2, 0.25) is 0 Å². The summed E-state index contributed by atoms with van der Waals surface area (Å²) in [7, 11) is 2.50. The maximum Gasteiger partial charge on any atom is 0.339 e. The minimum Gasteiger partial charge on any atom is -0.479 e. The number of esters is 1. The Labute approximate surface area is 161 Å². The molecule has 1 amide bonds. The van der Waals surface area contributed by atoms with E-state index in [2.05, 4.69) is 0 Å². The highest BCUT2D eigenvalue weighted by atomic mass is 16.6. The average molecular weight is 385 g/mol. The first-order valence-electron chi connectivity index (χ1n) is 8.22. The van der Waals surface area contributed by atoms with E-state index in [4.69, 9.17) is 4.74 Å². The largest absolute Gasteiger partial charge is 0.479 e. The van der Waals surface area contributed by atoms with Gasteiger partial charge in [-0.15, -0.1) is 0 Å². The van der Waals surface area contributed by atoms with Crippen LogP contribution in [0.5, 0.6) is 0 Å². The minimum atomic E-state index is -3.00. The van der Waals surface area contributed by atoms with Gasteiger partial charge in [-0.05, 0) is 12.1 Å². The second-order valence-electron chi connectivity index (χ2n) is 6.13. The van der Waals surface area contributed by atoms with Crippen molar-refractivity contribution in [2.24, 2.45) is 0 Å². The number of nitrogens with zero attached hydrogens (tertiary/aromatic N) is 1. The summed E-state index contributed by atoms with van der Waals surface area (Å²) >= 11 is 0. The molecule has 0 aromatic heterocycles. The zero-order valence-electron chi connectivity index (χ0n) is 15.2. The summed E-state index contributed by atoms with van der Waals surface area (Å²) in [6.07, 6.45) is -2.62. The van der Waals surface area contributed by atoms with Crippen LogP contribution in [-0.4, -0.2) is 64.5 Å². The molecular weight excluding hydrogens is 366 g/mol. The molecule has 2 atom stereocenters. The molecule has 146 valence electrons. The van der Waals surface area contributed by atoms with Gasteiger partial charge in [0.25, 0.3) is 11.5 Å². The van der Waals surface area contributed by atoms with Crippen LogP contribution in [0.1, 0.15) is 20.7 Å². The molecule has 8 nitrogen and oxygen atoms in total. The number of carboxylic acid groups (broad SMARTS) is 1. The molecule has 0 radical (unpaired) electrons. The molecule has 0 spiro atoms. The molecule has 28 heavy (non-hydrogen) atoms. The van der Waals surface area contributed by atoms with Crippen LogP contribution < -0.4 is 0 Å². The van der Waals surface area contributed by atoms with Crippen LogP contribution in [0.4, 0.5) is 0 Å². The molecule has 2 unspecified atom stereocenters. The Kier molecular flexibility index (Phi) is 6.27. The Morgan fingerprint density at radius 2 is 1.36 bits per heavy atom. The van der Waals surface area contributed by atoms with Crippen molar-refractivity contribution >= 4 is 23.6 Å². The van der Waals surface area contributed by atoms with E-state index >= 15 is 0 Å². The van der Waals surface area contributed by atoms with Gasteiger partial charge in [0.1, 0.15) is 0 Å². The second kappa shape index (κ2) is 8.45. The number of carboxylic acids is 1. The van der Waals surface area contributed by atoms with Gasteiger partial charge in [-0.2, -0.15) is 0 Å². The van der Waals surface area contributed by atoms with Crippen molar-refractivity contribution in [3.05, 3.63) is 71.8 Å². The van der Waals surface area contributed by atoms with E-state index in [9.17, 15) is 29.4 Å². The number of Topliss-reactive ketones (excluding diaryl/α,β-unsaturated/α-hetero) is 1. The van der Waals surface area contributed by atoms with Crippen LogP contribution in [0.25, 0.3) is 0 Å².